The van der Waals surface area contributed by atoms with Gasteiger partial charge in [-0.2, -0.15) is 12.6 Å². The summed E-state index contributed by atoms with van der Waals surface area (Å²) in [5, 5.41) is 7.01. The molecule has 2 aliphatic rings. The van der Waals surface area contributed by atoms with Gasteiger partial charge in [0.05, 0.1) is 0 Å². The largest absolute Gasteiger partial charge is 0.315 e. The van der Waals surface area contributed by atoms with E-state index in [0.717, 1.165) is 12.1 Å². The van der Waals surface area contributed by atoms with E-state index in [1.807, 2.05) is 0 Å². The average molecular weight is 174 g/mol. The minimum Gasteiger partial charge on any atom is -0.315 e. The molecule has 2 N–H and O–H groups in total. The van der Waals surface area contributed by atoms with Gasteiger partial charge in [0.15, 0.2) is 0 Å². The van der Waals surface area contributed by atoms with Gasteiger partial charge in [-0.05, 0) is 32.1 Å². The van der Waals surface area contributed by atoms with Crippen LogP contribution in [0.3, 0.4) is 0 Å². The molecule has 2 heterocycles. The van der Waals surface area contributed by atoms with Gasteiger partial charge in [-0.15, -0.1) is 0 Å². The normalized spacial score (nSPS) is 35.5. The van der Waals surface area contributed by atoms with Crippen molar-refractivity contribution in [1.82, 2.24) is 10.6 Å². The first-order valence-electron chi connectivity index (χ1n) is 4.36. The number of hydrogen-bond donors (Lipinski definition) is 3. The molecule has 0 aliphatic carbocycles. The molecule has 66 valence electrons. The smallest absolute Gasteiger partial charge is 0.0195 e. The molecule has 0 amide bonds. The summed E-state index contributed by atoms with van der Waals surface area (Å²) in [6, 6.07) is 1.63. The van der Waals surface area contributed by atoms with Crippen LogP contribution in [0.1, 0.15) is 19.3 Å². The fourth-order valence-corrected chi connectivity index (χ4v) is 1.84. The highest BCUT2D eigenvalue weighted by atomic mass is 32.1. The summed E-state index contributed by atoms with van der Waals surface area (Å²) < 4.78 is 0. The highest BCUT2D eigenvalue weighted by Crippen LogP contribution is 2.15. The second-order valence-electron chi connectivity index (χ2n) is 3.13. The molecule has 0 saturated carbocycles. The van der Waals surface area contributed by atoms with Gasteiger partial charge in [-0.3, -0.25) is 0 Å². The Balaban J connectivity index is 0.000000281. The van der Waals surface area contributed by atoms with E-state index in [2.05, 4.69) is 23.3 Å². The third-order valence-electron chi connectivity index (χ3n) is 2.40. The first kappa shape index (κ1) is 9.36. The molecule has 2 bridgehead atoms. The van der Waals surface area contributed by atoms with E-state index in [1.165, 1.54) is 32.4 Å². The van der Waals surface area contributed by atoms with Gasteiger partial charge in [0.2, 0.25) is 0 Å². The Morgan fingerprint density at radius 1 is 1.09 bits per heavy atom. The summed E-state index contributed by atoms with van der Waals surface area (Å²) in [5.74, 6) is 0. The SMILES string of the molecule is C1CC2CCC(CN1)N2.CS. The standard InChI is InChI=1S/C7H14N2.CH4S/c1-2-7-5-8-4-3-6(1)9-7;1-2/h6-9H,1-5H2;2H,1H3. The lowest BCUT2D eigenvalue weighted by atomic mass is 10.1. The molecule has 2 atom stereocenters. The van der Waals surface area contributed by atoms with Crippen molar-refractivity contribution >= 4 is 12.6 Å². The summed E-state index contributed by atoms with van der Waals surface area (Å²) in [6.07, 6.45) is 5.82. The Kier molecular flexibility index (Phi) is 4.26. The van der Waals surface area contributed by atoms with Crippen LogP contribution in [0.25, 0.3) is 0 Å². The predicted molar refractivity (Wildman–Crippen MR) is 52.3 cm³/mol. The predicted octanol–water partition coefficient (Wildman–Crippen LogP) is 0.646. The Labute approximate surface area is 74.5 Å². The molecule has 0 aromatic heterocycles. The van der Waals surface area contributed by atoms with Crippen LogP contribution < -0.4 is 10.6 Å². The van der Waals surface area contributed by atoms with E-state index in [4.69, 9.17) is 0 Å². The summed E-state index contributed by atoms with van der Waals surface area (Å²) in [5.41, 5.74) is 0. The van der Waals surface area contributed by atoms with Crippen LogP contribution in [0.5, 0.6) is 0 Å². The Morgan fingerprint density at radius 2 is 1.82 bits per heavy atom. The van der Waals surface area contributed by atoms with E-state index in [0.29, 0.717) is 0 Å². The van der Waals surface area contributed by atoms with Gasteiger partial charge in [-0.25, -0.2) is 0 Å². The average Bonchev–Trinajstić information content (AvgIpc) is 2.33. The van der Waals surface area contributed by atoms with Crippen molar-refractivity contribution in [1.29, 1.82) is 0 Å². The third kappa shape index (κ3) is 2.65. The molecule has 2 unspecified atom stereocenters. The maximum Gasteiger partial charge on any atom is 0.0195 e. The van der Waals surface area contributed by atoms with Gasteiger partial charge in [0, 0.05) is 18.6 Å². The summed E-state index contributed by atoms with van der Waals surface area (Å²) in [7, 11) is 0. The Bertz CT molecular complexity index is 96.3. The van der Waals surface area contributed by atoms with Crippen LogP contribution in [-0.4, -0.2) is 31.4 Å². The van der Waals surface area contributed by atoms with Crippen molar-refractivity contribution in [2.75, 3.05) is 19.3 Å². The molecule has 2 fully saturated rings. The van der Waals surface area contributed by atoms with Gasteiger partial charge >= 0.3 is 0 Å². The van der Waals surface area contributed by atoms with E-state index in [9.17, 15) is 0 Å². The monoisotopic (exact) mass is 174 g/mol. The number of fused-ring (bicyclic) bond motifs is 2. The van der Waals surface area contributed by atoms with E-state index in [1.54, 1.807) is 6.26 Å². The first-order chi connectivity index (χ1) is 5.45. The number of thiol groups is 1. The van der Waals surface area contributed by atoms with Crippen LogP contribution in [0.4, 0.5) is 0 Å². The lowest BCUT2D eigenvalue weighted by Gasteiger charge is -2.06. The highest BCUT2D eigenvalue weighted by molar-refractivity contribution is 7.79. The van der Waals surface area contributed by atoms with Crippen LogP contribution in [0.2, 0.25) is 0 Å². The van der Waals surface area contributed by atoms with Gasteiger partial charge in [0.25, 0.3) is 0 Å². The quantitative estimate of drug-likeness (QED) is 0.470. The fraction of sp³-hybridized carbons (Fsp3) is 1.00. The van der Waals surface area contributed by atoms with Crippen molar-refractivity contribution in [3.05, 3.63) is 0 Å². The van der Waals surface area contributed by atoms with Gasteiger partial charge < -0.3 is 10.6 Å². The molecule has 2 rings (SSSR count). The van der Waals surface area contributed by atoms with E-state index < -0.39 is 0 Å². The third-order valence-corrected chi connectivity index (χ3v) is 2.40. The minimum absolute atomic E-state index is 0.789. The summed E-state index contributed by atoms with van der Waals surface area (Å²) in [6.45, 7) is 2.41. The van der Waals surface area contributed by atoms with E-state index >= 15 is 0 Å². The lowest BCUT2D eigenvalue weighted by Crippen LogP contribution is -2.32. The second-order valence-corrected chi connectivity index (χ2v) is 3.13. The van der Waals surface area contributed by atoms with Crippen LogP contribution in [-0.2, 0) is 0 Å². The molecule has 0 aromatic rings. The minimum atomic E-state index is 0.789. The van der Waals surface area contributed by atoms with Crippen LogP contribution in [0.15, 0.2) is 0 Å². The Morgan fingerprint density at radius 3 is 2.64 bits per heavy atom. The lowest BCUT2D eigenvalue weighted by molar-refractivity contribution is 0.563. The van der Waals surface area contributed by atoms with E-state index in [-0.39, 0.29) is 0 Å². The number of rotatable bonds is 0. The fourth-order valence-electron chi connectivity index (χ4n) is 1.84. The molecular formula is C8H18N2S. The molecule has 2 nitrogen and oxygen atoms in total. The first-order valence-corrected chi connectivity index (χ1v) is 5.26. The molecule has 0 spiro atoms. The maximum absolute atomic E-state index is 3.59. The molecule has 3 heteroatoms. The van der Waals surface area contributed by atoms with Gasteiger partial charge in [-0.1, -0.05) is 0 Å². The molecule has 2 saturated heterocycles. The maximum atomic E-state index is 3.59. The second kappa shape index (κ2) is 5.01. The van der Waals surface area contributed by atoms with Crippen molar-refractivity contribution in [2.24, 2.45) is 0 Å². The zero-order valence-electron chi connectivity index (χ0n) is 7.14. The van der Waals surface area contributed by atoms with Crippen molar-refractivity contribution in [2.45, 2.75) is 31.3 Å². The van der Waals surface area contributed by atoms with Crippen molar-refractivity contribution in [3.8, 4) is 0 Å². The zero-order valence-corrected chi connectivity index (χ0v) is 8.03. The van der Waals surface area contributed by atoms with Crippen molar-refractivity contribution < 1.29 is 0 Å². The highest BCUT2D eigenvalue weighted by Gasteiger charge is 2.24. The Hall–Kier alpha value is 0.270. The van der Waals surface area contributed by atoms with Crippen LogP contribution >= 0.6 is 12.6 Å². The topological polar surface area (TPSA) is 24.1 Å². The summed E-state index contributed by atoms with van der Waals surface area (Å²) >= 11 is 3.53. The molecule has 2 aliphatic heterocycles. The molecular weight excluding hydrogens is 156 g/mol. The molecule has 0 radical (unpaired) electrons. The van der Waals surface area contributed by atoms with Crippen LogP contribution in [0, 0.1) is 0 Å². The number of nitrogens with one attached hydrogen (secondary N) is 2. The van der Waals surface area contributed by atoms with Gasteiger partial charge in [0.1, 0.15) is 0 Å². The molecule has 0 aromatic carbocycles. The van der Waals surface area contributed by atoms with Crippen molar-refractivity contribution in [3.63, 3.8) is 0 Å². The molecule has 11 heavy (non-hydrogen) atoms. The number of hydrogen-bond acceptors (Lipinski definition) is 3. The zero-order chi connectivity index (χ0) is 8.10. The summed E-state index contributed by atoms with van der Waals surface area (Å²) in [4.78, 5) is 0.